The van der Waals surface area contributed by atoms with Crippen LogP contribution in [0.4, 0.5) is 0 Å². The monoisotopic (exact) mass is 911 g/mol. The van der Waals surface area contributed by atoms with E-state index in [0.29, 0.717) is 0 Å². The van der Waals surface area contributed by atoms with E-state index in [9.17, 15) is 0 Å². The molecule has 56 heavy (non-hydrogen) atoms. The first-order valence-corrected chi connectivity index (χ1v) is 19.0. The van der Waals surface area contributed by atoms with Crippen molar-refractivity contribution in [2.75, 3.05) is 0 Å². The third kappa shape index (κ3) is 7.46. The van der Waals surface area contributed by atoms with Crippen LogP contribution in [-0.2, 0) is 30.9 Å². The van der Waals surface area contributed by atoms with Crippen LogP contribution in [0.2, 0.25) is 0 Å². The molecule has 0 spiro atoms. The minimum Gasteiger partial charge on any atom is -0.456 e. The Hall–Kier alpha value is -5.35. The molecule has 0 unspecified atom stereocenters. The van der Waals surface area contributed by atoms with Gasteiger partial charge in [-0.3, -0.25) is 0 Å². The fourth-order valence-corrected chi connectivity index (χ4v) is 7.09. The quantitative estimate of drug-likeness (QED) is 0.166. The molecule has 0 aliphatic rings. The van der Waals surface area contributed by atoms with Crippen molar-refractivity contribution in [1.29, 1.82) is 0 Å². The van der Waals surface area contributed by atoms with Crippen LogP contribution in [0, 0.1) is 32.9 Å². The summed E-state index contributed by atoms with van der Waals surface area (Å²) in [5.41, 5.74) is 15.8. The molecule has 5 heteroatoms. The van der Waals surface area contributed by atoms with Gasteiger partial charge in [-0.25, -0.2) is 0 Å². The van der Waals surface area contributed by atoms with E-state index in [1.165, 1.54) is 27.8 Å². The molecule has 0 bridgehead atoms. The average Bonchev–Trinajstić information content (AvgIpc) is 3.74. The normalized spacial score (nSPS) is 11.9. The van der Waals surface area contributed by atoms with Crippen LogP contribution in [0.1, 0.15) is 69.4 Å². The summed E-state index contributed by atoms with van der Waals surface area (Å²) in [7, 11) is 0. The van der Waals surface area contributed by atoms with E-state index in [-0.39, 0.29) is 30.9 Å². The maximum Gasteiger partial charge on any atom is 0.147 e. The second-order valence-corrected chi connectivity index (χ2v) is 16.8. The number of fused-ring (bicyclic) bond motifs is 7. The van der Waals surface area contributed by atoms with Crippen LogP contribution in [0.5, 0.6) is 0 Å². The molecule has 9 rings (SSSR count). The SMILES string of the molecule is CC(C)(C)c1ccc2oc3c(c(-c4ccnc(-c5[c-]cccc5)c4)cc4oc5ccc(C(C)(C)C)cc5c43)c2c1.Cc1c[c-]c(-c2cc(C)c(C)cn2)cc1.[Ir]. The summed E-state index contributed by atoms with van der Waals surface area (Å²) in [5, 5.41) is 4.33. The fourth-order valence-electron chi connectivity index (χ4n) is 7.09. The summed E-state index contributed by atoms with van der Waals surface area (Å²) in [5.74, 6) is 0. The van der Waals surface area contributed by atoms with Gasteiger partial charge in [0.05, 0.1) is 5.39 Å². The maximum atomic E-state index is 6.72. The Labute approximate surface area is 343 Å². The second-order valence-electron chi connectivity index (χ2n) is 16.8. The molecule has 1 radical (unpaired) electrons. The smallest absolute Gasteiger partial charge is 0.147 e. The molecule has 0 saturated carbocycles. The van der Waals surface area contributed by atoms with Gasteiger partial charge in [0.25, 0.3) is 0 Å². The third-order valence-electron chi connectivity index (χ3n) is 10.6. The average molecular weight is 911 g/mol. The molecule has 4 nitrogen and oxygen atoms in total. The molecule has 4 heterocycles. The zero-order valence-electron chi connectivity index (χ0n) is 33.5. The topological polar surface area (TPSA) is 52.1 Å². The minimum atomic E-state index is 0. The Bertz CT molecular complexity index is 2850. The van der Waals surface area contributed by atoms with E-state index >= 15 is 0 Å². The molecule has 0 amide bonds. The van der Waals surface area contributed by atoms with Crippen molar-refractivity contribution in [2.45, 2.75) is 73.1 Å². The van der Waals surface area contributed by atoms with E-state index in [1.54, 1.807) is 0 Å². The van der Waals surface area contributed by atoms with Gasteiger partial charge in [-0.15, -0.1) is 71.3 Å². The van der Waals surface area contributed by atoms with E-state index < -0.39 is 0 Å². The molecule has 0 fully saturated rings. The van der Waals surface area contributed by atoms with Crippen molar-refractivity contribution in [3.8, 4) is 33.6 Å². The molecule has 5 aromatic carbocycles. The number of benzene rings is 5. The van der Waals surface area contributed by atoms with Gasteiger partial charge in [0.1, 0.15) is 22.3 Å². The zero-order valence-corrected chi connectivity index (χ0v) is 35.9. The van der Waals surface area contributed by atoms with Crippen LogP contribution < -0.4 is 0 Å². The Kier molecular flexibility index (Phi) is 10.4. The van der Waals surface area contributed by atoms with Gasteiger partial charge in [0, 0.05) is 48.7 Å². The summed E-state index contributed by atoms with van der Waals surface area (Å²) >= 11 is 0. The van der Waals surface area contributed by atoms with Crippen LogP contribution in [0.25, 0.3) is 77.5 Å². The van der Waals surface area contributed by atoms with E-state index in [0.717, 1.165) is 77.5 Å². The van der Waals surface area contributed by atoms with Gasteiger partial charge in [-0.1, -0.05) is 78.3 Å². The molecule has 4 aromatic heterocycles. The number of furan rings is 2. The minimum absolute atomic E-state index is 0. The standard InChI is InChI=1S/C37H32NO2.C14H14N.Ir/c1-36(2,3)24-13-15-31-27(19-24)33-26(23-16-17-38-29(18-23)22-10-8-7-9-11-22)21-32-34(35(33)40-31)28-20-25(37(4,5)6)12-14-30(28)39-32;1-10-4-6-13(7-5-10)14-8-11(2)12(3)9-15-14;/h7-10,12-21H,1-6H3;4-6,8-9H,1-3H3;/q2*-1;. The van der Waals surface area contributed by atoms with E-state index in [1.807, 2.05) is 42.7 Å². The van der Waals surface area contributed by atoms with Gasteiger partial charge in [-0.05, 0) is 100 Å². The van der Waals surface area contributed by atoms with Crippen LogP contribution >= 0.6 is 0 Å². The Morgan fingerprint density at radius 1 is 0.571 bits per heavy atom. The number of pyridine rings is 2. The summed E-state index contributed by atoms with van der Waals surface area (Å²) in [6.45, 7) is 19.7. The van der Waals surface area contributed by atoms with Gasteiger partial charge >= 0.3 is 0 Å². The first-order valence-electron chi connectivity index (χ1n) is 19.0. The number of hydrogen-bond donors (Lipinski definition) is 0. The largest absolute Gasteiger partial charge is 0.456 e. The Morgan fingerprint density at radius 2 is 1.23 bits per heavy atom. The Morgan fingerprint density at radius 3 is 1.86 bits per heavy atom. The van der Waals surface area contributed by atoms with Crippen molar-refractivity contribution in [1.82, 2.24) is 9.97 Å². The summed E-state index contributed by atoms with van der Waals surface area (Å²) in [6, 6.07) is 42.3. The molecule has 0 N–H and O–H groups in total. The summed E-state index contributed by atoms with van der Waals surface area (Å²) in [4.78, 5) is 9.07. The molecule has 0 aliphatic heterocycles. The molecule has 0 aliphatic carbocycles. The van der Waals surface area contributed by atoms with Crippen LogP contribution in [0.15, 0.2) is 124 Å². The van der Waals surface area contributed by atoms with Crippen molar-refractivity contribution >= 4 is 43.9 Å². The molecule has 283 valence electrons. The van der Waals surface area contributed by atoms with Crippen molar-refractivity contribution < 1.29 is 28.9 Å². The van der Waals surface area contributed by atoms with Gasteiger partial charge in [0.2, 0.25) is 0 Å². The Balaban J connectivity index is 0.000000253. The number of nitrogens with zero attached hydrogens (tertiary/aromatic N) is 2. The van der Waals surface area contributed by atoms with Crippen molar-refractivity contribution in [3.63, 3.8) is 0 Å². The van der Waals surface area contributed by atoms with Crippen molar-refractivity contribution in [3.05, 3.63) is 155 Å². The zero-order chi connectivity index (χ0) is 38.6. The second kappa shape index (κ2) is 15.0. The van der Waals surface area contributed by atoms with Crippen LogP contribution in [0.3, 0.4) is 0 Å². The number of aromatic nitrogens is 2. The van der Waals surface area contributed by atoms with Gasteiger partial charge < -0.3 is 18.8 Å². The first-order chi connectivity index (χ1) is 26.2. The van der Waals surface area contributed by atoms with E-state index in [2.05, 4.69) is 157 Å². The molecule has 9 aromatic rings. The van der Waals surface area contributed by atoms with Crippen molar-refractivity contribution in [2.24, 2.45) is 0 Å². The number of aryl methyl sites for hydroxylation is 3. The molecule has 0 atom stereocenters. The molecular weight excluding hydrogens is 865 g/mol. The van der Waals surface area contributed by atoms with Gasteiger partial charge in [0.15, 0.2) is 0 Å². The first kappa shape index (κ1) is 38.9. The summed E-state index contributed by atoms with van der Waals surface area (Å²) < 4.78 is 13.2. The predicted molar refractivity (Wildman–Crippen MR) is 229 cm³/mol. The van der Waals surface area contributed by atoms with Crippen LogP contribution in [-0.4, -0.2) is 9.97 Å². The fraction of sp³-hybridized carbons (Fsp3) is 0.216. The van der Waals surface area contributed by atoms with Gasteiger partial charge in [-0.2, -0.15) is 0 Å². The molecule has 0 saturated heterocycles. The van der Waals surface area contributed by atoms with E-state index in [4.69, 9.17) is 8.83 Å². The predicted octanol–water partition coefficient (Wildman–Crippen LogP) is 14.1. The summed E-state index contributed by atoms with van der Waals surface area (Å²) in [6.07, 6.45) is 3.79. The molecular formula is C51H46IrN2O2-2. The number of hydrogen-bond acceptors (Lipinski definition) is 4. The third-order valence-corrected chi connectivity index (χ3v) is 10.6. The number of rotatable bonds is 3. The maximum absolute atomic E-state index is 6.72.